The minimum Gasteiger partial charge on any atom is -0.318 e. The lowest BCUT2D eigenvalue weighted by atomic mass is 10.2. The van der Waals surface area contributed by atoms with Crippen molar-refractivity contribution in [2.45, 2.75) is 25.7 Å². The highest BCUT2D eigenvalue weighted by molar-refractivity contribution is 7.92. The number of hydrogen-bond donors (Lipinski definition) is 1. The molecule has 3 aromatic carbocycles. The van der Waals surface area contributed by atoms with E-state index in [-0.39, 0.29) is 10.7 Å². The highest BCUT2D eigenvalue weighted by Crippen LogP contribution is 2.29. The average molecular weight is 553 g/mol. The molecular formula is C28H26ClFN4O3S. The molecule has 1 heterocycles. The molecule has 0 saturated carbocycles. The number of hydrazone groups is 1. The number of rotatable bonds is 8. The number of carbonyl (C=O) groups is 1. The minimum absolute atomic E-state index is 0.0453. The van der Waals surface area contributed by atoms with Crippen molar-refractivity contribution >= 4 is 39.4 Å². The van der Waals surface area contributed by atoms with Crippen molar-refractivity contribution in [3.8, 4) is 5.69 Å². The second-order valence-electron chi connectivity index (χ2n) is 8.69. The summed E-state index contributed by atoms with van der Waals surface area (Å²) in [5, 5.41) is 4.40. The zero-order valence-electron chi connectivity index (χ0n) is 21.0. The summed E-state index contributed by atoms with van der Waals surface area (Å²) < 4.78 is 43.3. The topological polar surface area (TPSA) is 83.8 Å². The fourth-order valence-corrected chi connectivity index (χ4v) is 5.78. The van der Waals surface area contributed by atoms with E-state index in [2.05, 4.69) is 10.5 Å². The van der Waals surface area contributed by atoms with Gasteiger partial charge in [0.2, 0.25) is 0 Å². The zero-order chi connectivity index (χ0) is 27.4. The Morgan fingerprint density at radius 2 is 1.71 bits per heavy atom. The highest BCUT2D eigenvalue weighted by Gasteiger charge is 2.28. The van der Waals surface area contributed by atoms with Gasteiger partial charge in [0.05, 0.1) is 16.8 Å². The monoisotopic (exact) mass is 552 g/mol. The molecule has 4 rings (SSSR count). The van der Waals surface area contributed by atoms with E-state index in [4.69, 9.17) is 11.6 Å². The number of carbonyl (C=O) groups excluding carboxylic acids is 1. The Labute approximate surface area is 226 Å². The maximum Gasteiger partial charge on any atom is 0.264 e. The van der Waals surface area contributed by atoms with Crippen molar-refractivity contribution in [1.29, 1.82) is 0 Å². The Balaban J connectivity index is 1.57. The van der Waals surface area contributed by atoms with Crippen LogP contribution in [0.25, 0.3) is 5.69 Å². The van der Waals surface area contributed by atoms with E-state index in [9.17, 15) is 17.6 Å². The average Bonchev–Trinajstić information content (AvgIpc) is 3.17. The van der Waals surface area contributed by atoms with Gasteiger partial charge in [-0.2, -0.15) is 5.10 Å². The molecule has 0 aliphatic heterocycles. The van der Waals surface area contributed by atoms with Crippen molar-refractivity contribution in [1.82, 2.24) is 9.99 Å². The number of anilines is 1. The number of benzene rings is 3. The van der Waals surface area contributed by atoms with Gasteiger partial charge in [0.1, 0.15) is 12.4 Å². The number of hydrogen-bond acceptors (Lipinski definition) is 4. The largest absolute Gasteiger partial charge is 0.318 e. The van der Waals surface area contributed by atoms with Crippen LogP contribution in [-0.2, 0) is 14.8 Å². The van der Waals surface area contributed by atoms with Gasteiger partial charge >= 0.3 is 0 Å². The molecule has 1 N–H and O–H groups in total. The van der Waals surface area contributed by atoms with Crippen molar-refractivity contribution in [2.24, 2.45) is 5.10 Å². The highest BCUT2D eigenvalue weighted by atomic mass is 35.5. The molecule has 0 aliphatic carbocycles. The predicted molar refractivity (Wildman–Crippen MR) is 148 cm³/mol. The van der Waals surface area contributed by atoms with Gasteiger partial charge in [-0.05, 0) is 80.9 Å². The maximum absolute atomic E-state index is 13.5. The summed E-state index contributed by atoms with van der Waals surface area (Å²) >= 11 is 6.16. The second kappa shape index (κ2) is 11.2. The first-order chi connectivity index (χ1) is 18.1. The molecule has 0 atom stereocenters. The zero-order valence-corrected chi connectivity index (χ0v) is 22.6. The smallest absolute Gasteiger partial charge is 0.264 e. The molecule has 4 aromatic rings. The van der Waals surface area contributed by atoms with Gasteiger partial charge in [0.15, 0.2) is 0 Å². The van der Waals surface area contributed by atoms with Crippen LogP contribution >= 0.6 is 11.6 Å². The van der Waals surface area contributed by atoms with Crippen molar-refractivity contribution < 1.29 is 17.6 Å². The van der Waals surface area contributed by atoms with Crippen LogP contribution in [-0.4, -0.2) is 31.7 Å². The normalized spacial score (nSPS) is 11.6. The predicted octanol–water partition coefficient (Wildman–Crippen LogP) is 5.54. The van der Waals surface area contributed by atoms with E-state index in [1.54, 1.807) is 49.4 Å². The SMILES string of the molecule is Cc1ccc(Cl)cc1N(CC(=O)N/N=C\c1cc(C)n(-c2ccc(F)cc2)c1C)S(=O)(=O)c1ccccc1. The molecule has 7 nitrogen and oxygen atoms in total. The number of amides is 1. The minimum atomic E-state index is -4.08. The fourth-order valence-electron chi connectivity index (χ4n) is 4.12. The molecule has 0 bridgehead atoms. The van der Waals surface area contributed by atoms with Crippen LogP contribution in [0.5, 0.6) is 0 Å². The van der Waals surface area contributed by atoms with E-state index >= 15 is 0 Å². The van der Waals surface area contributed by atoms with Crippen LogP contribution in [0.2, 0.25) is 5.02 Å². The summed E-state index contributed by atoms with van der Waals surface area (Å²) in [7, 11) is -4.08. The van der Waals surface area contributed by atoms with Gasteiger partial charge in [-0.25, -0.2) is 18.2 Å². The molecule has 0 unspecified atom stereocenters. The van der Waals surface area contributed by atoms with Crippen LogP contribution < -0.4 is 9.73 Å². The van der Waals surface area contributed by atoms with Crippen molar-refractivity contribution in [3.05, 3.63) is 112 Å². The molecular weight excluding hydrogens is 527 g/mol. The van der Waals surface area contributed by atoms with Gasteiger partial charge in [-0.3, -0.25) is 9.10 Å². The standard InChI is InChI=1S/C28H26ClFN4O3S/c1-19-9-10-23(29)16-27(19)33(38(36,37)26-7-5-4-6-8-26)18-28(35)32-31-17-22-15-20(2)34(21(22)3)25-13-11-24(30)12-14-25/h4-17H,18H2,1-3H3,(H,32,35)/b31-17-. The first kappa shape index (κ1) is 27.1. The number of sulfonamides is 1. The lowest BCUT2D eigenvalue weighted by Gasteiger charge is -2.25. The Hall–Kier alpha value is -3.95. The number of nitrogens with one attached hydrogen (secondary N) is 1. The molecule has 1 amide bonds. The van der Waals surface area contributed by atoms with Crippen molar-refractivity contribution in [3.63, 3.8) is 0 Å². The van der Waals surface area contributed by atoms with Gasteiger partial charge in [-0.15, -0.1) is 0 Å². The molecule has 0 spiro atoms. The Kier molecular flexibility index (Phi) is 7.99. The lowest BCUT2D eigenvalue weighted by Crippen LogP contribution is -2.40. The quantitative estimate of drug-likeness (QED) is 0.230. The van der Waals surface area contributed by atoms with Crippen LogP contribution in [0.15, 0.2) is 88.9 Å². The van der Waals surface area contributed by atoms with Gasteiger partial charge in [0.25, 0.3) is 15.9 Å². The Bertz CT molecular complexity index is 1600. The van der Waals surface area contributed by atoms with E-state index < -0.39 is 22.5 Å². The summed E-state index contributed by atoms with van der Waals surface area (Å²) in [6.07, 6.45) is 1.49. The van der Waals surface area contributed by atoms with Gasteiger partial charge in [0, 0.05) is 27.7 Å². The first-order valence-corrected chi connectivity index (χ1v) is 13.5. The molecule has 196 valence electrons. The third-order valence-corrected chi connectivity index (χ3v) is 8.02. The number of aryl methyl sites for hydroxylation is 2. The summed E-state index contributed by atoms with van der Waals surface area (Å²) in [6.45, 7) is 5.03. The Morgan fingerprint density at radius 3 is 2.39 bits per heavy atom. The molecule has 0 radical (unpaired) electrons. The fraction of sp³-hybridized carbons (Fsp3) is 0.143. The lowest BCUT2D eigenvalue weighted by molar-refractivity contribution is -0.119. The van der Waals surface area contributed by atoms with E-state index in [1.165, 1.54) is 36.5 Å². The number of nitrogens with zero attached hydrogens (tertiary/aromatic N) is 3. The molecule has 38 heavy (non-hydrogen) atoms. The third kappa shape index (κ3) is 5.79. The molecule has 10 heteroatoms. The van der Waals surface area contributed by atoms with Gasteiger partial charge in [-0.1, -0.05) is 35.9 Å². The van der Waals surface area contributed by atoms with Gasteiger partial charge < -0.3 is 4.57 Å². The van der Waals surface area contributed by atoms with E-state index in [0.717, 1.165) is 26.9 Å². The Morgan fingerprint density at radius 1 is 1.03 bits per heavy atom. The molecule has 0 fully saturated rings. The van der Waals surface area contributed by atoms with E-state index in [0.29, 0.717) is 16.3 Å². The first-order valence-electron chi connectivity index (χ1n) is 11.7. The molecule has 0 aliphatic rings. The summed E-state index contributed by atoms with van der Waals surface area (Å²) in [5.41, 5.74) is 6.64. The van der Waals surface area contributed by atoms with Crippen LogP contribution in [0, 0.1) is 26.6 Å². The summed E-state index contributed by atoms with van der Waals surface area (Å²) in [4.78, 5) is 12.9. The maximum atomic E-state index is 13.5. The summed E-state index contributed by atoms with van der Waals surface area (Å²) in [5.74, 6) is -0.954. The van der Waals surface area contributed by atoms with Crippen LogP contribution in [0.3, 0.4) is 0 Å². The van der Waals surface area contributed by atoms with Crippen LogP contribution in [0.4, 0.5) is 10.1 Å². The van der Waals surface area contributed by atoms with E-state index in [1.807, 2.05) is 24.5 Å². The summed E-state index contributed by atoms with van der Waals surface area (Å²) in [6, 6.07) is 20.7. The van der Waals surface area contributed by atoms with Crippen molar-refractivity contribution in [2.75, 3.05) is 10.8 Å². The third-order valence-electron chi connectivity index (χ3n) is 6.01. The van der Waals surface area contributed by atoms with Crippen LogP contribution in [0.1, 0.15) is 22.5 Å². The number of halogens is 2. The molecule has 0 saturated heterocycles. The number of aromatic nitrogens is 1. The second-order valence-corrected chi connectivity index (χ2v) is 11.0. The molecule has 1 aromatic heterocycles.